The van der Waals surface area contributed by atoms with E-state index in [2.05, 4.69) is 52.0 Å². The lowest BCUT2D eigenvalue weighted by Gasteiger charge is -2.51. The summed E-state index contributed by atoms with van der Waals surface area (Å²) in [6, 6.07) is 15.7. The van der Waals surface area contributed by atoms with Crippen molar-refractivity contribution in [2.24, 2.45) is 0 Å². The van der Waals surface area contributed by atoms with E-state index in [0.29, 0.717) is 32.4 Å². The third-order valence-corrected chi connectivity index (χ3v) is 8.35. The predicted octanol–water partition coefficient (Wildman–Crippen LogP) is 4.41. The summed E-state index contributed by atoms with van der Waals surface area (Å²) in [5, 5.41) is 8.89. The first-order chi connectivity index (χ1) is 19.3. The number of hydrogen-bond donors (Lipinski definition) is 3. The largest absolute Gasteiger partial charge is 0.342 e. The molecule has 40 heavy (non-hydrogen) atoms. The zero-order chi connectivity index (χ0) is 28.5. The van der Waals surface area contributed by atoms with E-state index in [1.54, 1.807) is 0 Å². The molecule has 3 N–H and O–H groups in total. The van der Waals surface area contributed by atoms with E-state index < -0.39 is 11.6 Å². The molecule has 2 aromatic carbocycles. The van der Waals surface area contributed by atoms with Crippen LogP contribution in [0.15, 0.2) is 48.5 Å². The summed E-state index contributed by atoms with van der Waals surface area (Å²) >= 11 is 0. The molecular weight excluding hydrogens is 502 g/mol. The van der Waals surface area contributed by atoms with Gasteiger partial charge in [0, 0.05) is 38.4 Å². The Morgan fingerprint density at radius 3 is 2.50 bits per heavy atom. The van der Waals surface area contributed by atoms with Crippen LogP contribution in [0.5, 0.6) is 0 Å². The monoisotopic (exact) mass is 547 g/mol. The highest BCUT2D eigenvalue weighted by molar-refractivity contribution is 6.00. The number of aryl methyl sites for hydroxylation is 2. The number of nitrogens with one attached hydrogen (secondary N) is 3. The molecule has 1 spiro atoms. The summed E-state index contributed by atoms with van der Waals surface area (Å²) in [5.74, 6) is 0.0408. The van der Waals surface area contributed by atoms with Crippen molar-refractivity contribution in [1.82, 2.24) is 20.4 Å². The van der Waals surface area contributed by atoms with Gasteiger partial charge < -0.3 is 25.8 Å². The summed E-state index contributed by atoms with van der Waals surface area (Å²) in [6.45, 7) is 9.72. The Morgan fingerprint density at radius 2 is 1.77 bits per heavy atom. The number of likely N-dealkylation sites (tertiary alicyclic amines) is 1. The quantitative estimate of drug-likeness (QED) is 0.364. The third kappa shape index (κ3) is 7.22. The van der Waals surface area contributed by atoms with Gasteiger partial charge in [-0.2, -0.15) is 0 Å². The first-order valence-corrected chi connectivity index (χ1v) is 14.8. The van der Waals surface area contributed by atoms with Crippen molar-refractivity contribution in [2.75, 3.05) is 38.0 Å². The molecule has 2 aliphatic heterocycles. The molecule has 0 saturated carbocycles. The highest BCUT2D eigenvalue weighted by atomic mass is 16.2. The molecule has 4 amide bonds. The van der Waals surface area contributed by atoms with Crippen molar-refractivity contribution in [2.45, 2.75) is 77.3 Å². The SMILES string of the molecule is CCCN1C(=O)[C@H](CCCCNC(=O)Nc2cc(C)ccc2C)NC(=O)C12CCN(CCc1ccccc1)CC2. The fourth-order valence-corrected chi connectivity index (χ4v) is 5.91. The number of benzene rings is 2. The Hall–Kier alpha value is -3.39. The van der Waals surface area contributed by atoms with Gasteiger partial charge in [0.1, 0.15) is 11.6 Å². The summed E-state index contributed by atoms with van der Waals surface area (Å²) in [5.41, 5.74) is 3.49. The predicted molar refractivity (Wildman–Crippen MR) is 159 cm³/mol. The number of piperazine rings is 1. The Labute approximate surface area is 238 Å². The summed E-state index contributed by atoms with van der Waals surface area (Å²) in [7, 11) is 0. The first kappa shape index (κ1) is 29.6. The first-order valence-electron chi connectivity index (χ1n) is 14.8. The molecule has 2 fully saturated rings. The molecule has 8 heteroatoms. The van der Waals surface area contributed by atoms with Crippen LogP contribution in [0.4, 0.5) is 10.5 Å². The Kier molecular flexibility index (Phi) is 10.2. The summed E-state index contributed by atoms with van der Waals surface area (Å²) < 4.78 is 0. The lowest BCUT2D eigenvalue weighted by Crippen LogP contribution is -2.72. The maximum Gasteiger partial charge on any atom is 0.319 e. The van der Waals surface area contributed by atoms with Crippen LogP contribution >= 0.6 is 0 Å². The van der Waals surface area contributed by atoms with E-state index in [1.165, 1.54) is 5.56 Å². The number of urea groups is 1. The van der Waals surface area contributed by atoms with Crippen LogP contribution in [0.25, 0.3) is 0 Å². The average molecular weight is 548 g/mol. The molecule has 8 nitrogen and oxygen atoms in total. The van der Waals surface area contributed by atoms with E-state index in [4.69, 9.17) is 0 Å². The molecule has 2 aliphatic rings. The second kappa shape index (κ2) is 13.8. The molecule has 4 rings (SSSR count). The second-order valence-corrected chi connectivity index (χ2v) is 11.3. The number of amides is 4. The molecule has 2 saturated heterocycles. The molecule has 2 aromatic rings. The van der Waals surface area contributed by atoms with Gasteiger partial charge in [0.2, 0.25) is 11.8 Å². The number of anilines is 1. The number of nitrogens with zero attached hydrogens (tertiary/aromatic N) is 2. The van der Waals surface area contributed by atoms with Crippen LogP contribution in [0.1, 0.15) is 62.1 Å². The zero-order valence-electron chi connectivity index (χ0n) is 24.3. The van der Waals surface area contributed by atoms with E-state index in [-0.39, 0.29) is 17.8 Å². The molecule has 0 unspecified atom stereocenters. The van der Waals surface area contributed by atoms with Gasteiger partial charge in [0.05, 0.1) is 0 Å². The molecular formula is C32H45N5O3. The average Bonchev–Trinajstić information content (AvgIpc) is 2.95. The second-order valence-electron chi connectivity index (χ2n) is 11.3. The van der Waals surface area contributed by atoms with Crippen molar-refractivity contribution >= 4 is 23.5 Å². The Bertz CT molecular complexity index is 1160. The minimum absolute atomic E-state index is 0.000661. The molecule has 1 atom stereocenters. The van der Waals surface area contributed by atoms with E-state index >= 15 is 0 Å². The van der Waals surface area contributed by atoms with Gasteiger partial charge in [-0.25, -0.2) is 4.79 Å². The number of carbonyl (C=O) groups is 3. The molecule has 2 heterocycles. The van der Waals surface area contributed by atoms with Gasteiger partial charge in [-0.1, -0.05) is 49.4 Å². The Balaban J connectivity index is 1.23. The molecule has 216 valence electrons. The number of rotatable bonds is 11. The van der Waals surface area contributed by atoms with Crippen LogP contribution in [0.2, 0.25) is 0 Å². The number of unbranched alkanes of at least 4 members (excludes halogenated alkanes) is 1. The highest BCUT2D eigenvalue weighted by Crippen LogP contribution is 2.34. The van der Waals surface area contributed by atoms with Gasteiger partial charge in [0.25, 0.3) is 0 Å². The van der Waals surface area contributed by atoms with Crippen molar-refractivity contribution in [3.8, 4) is 0 Å². The van der Waals surface area contributed by atoms with Crippen LogP contribution < -0.4 is 16.0 Å². The smallest absolute Gasteiger partial charge is 0.319 e. The molecule has 0 radical (unpaired) electrons. The summed E-state index contributed by atoms with van der Waals surface area (Å²) in [4.78, 5) is 43.7. The van der Waals surface area contributed by atoms with Gasteiger partial charge in [-0.05, 0) is 81.5 Å². The fraction of sp³-hybridized carbons (Fsp3) is 0.531. The Morgan fingerprint density at radius 1 is 1.02 bits per heavy atom. The maximum atomic E-state index is 13.6. The number of piperidine rings is 1. The van der Waals surface area contributed by atoms with Crippen molar-refractivity contribution in [1.29, 1.82) is 0 Å². The van der Waals surface area contributed by atoms with E-state index in [9.17, 15) is 14.4 Å². The van der Waals surface area contributed by atoms with Crippen molar-refractivity contribution in [3.63, 3.8) is 0 Å². The minimum atomic E-state index is -0.736. The normalized spacial score (nSPS) is 19.0. The number of hydrogen-bond acceptors (Lipinski definition) is 4. The standard InChI is InChI=1S/C32H45N5O3/c1-4-19-37-29(38)27(12-8-9-18-33-31(40)35-28-23-24(2)13-14-25(28)3)34-30(39)32(37)16-21-36(22-17-32)20-15-26-10-6-5-7-11-26/h5-7,10-11,13-14,23,27H,4,8-9,12,15-22H2,1-3H3,(H,34,39)(H2,33,35,40)/t27-/m0/s1. The lowest BCUT2D eigenvalue weighted by molar-refractivity contribution is -0.161. The van der Waals surface area contributed by atoms with Crippen molar-refractivity contribution < 1.29 is 14.4 Å². The van der Waals surface area contributed by atoms with Gasteiger partial charge in [0.15, 0.2) is 0 Å². The third-order valence-electron chi connectivity index (χ3n) is 8.35. The molecule has 0 bridgehead atoms. The van der Waals surface area contributed by atoms with Gasteiger partial charge >= 0.3 is 6.03 Å². The van der Waals surface area contributed by atoms with Gasteiger partial charge in [-0.15, -0.1) is 0 Å². The highest BCUT2D eigenvalue weighted by Gasteiger charge is 2.52. The molecule has 0 aromatic heterocycles. The van der Waals surface area contributed by atoms with Crippen LogP contribution in [0, 0.1) is 13.8 Å². The van der Waals surface area contributed by atoms with Crippen LogP contribution in [-0.2, 0) is 16.0 Å². The van der Waals surface area contributed by atoms with E-state index in [1.807, 2.05) is 43.0 Å². The maximum absolute atomic E-state index is 13.6. The number of carbonyl (C=O) groups excluding carboxylic acids is 3. The van der Waals surface area contributed by atoms with Gasteiger partial charge in [-0.3, -0.25) is 9.59 Å². The zero-order valence-corrected chi connectivity index (χ0v) is 24.3. The fourth-order valence-electron chi connectivity index (χ4n) is 5.91. The van der Waals surface area contributed by atoms with Crippen LogP contribution in [-0.4, -0.2) is 71.9 Å². The molecule has 0 aliphatic carbocycles. The van der Waals surface area contributed by atoms with E-state index in [0.717, 1.165) is 62.1 Å². The minimum Gasteiger partial charge on any atom is -0.342 e. The topological polar surface area (TPSA) is 93.8 Å². The van der Waals surface area contributed by atoms with Crippen LogP contribution in [0.3, 0.4) is 0 Å². The summed E-state index contributed by atoms with van der Waals surface area (Å²) in [6.07, 6.45) is 5.20. The lowest BCUT2D eigenvalue weighted by atomic mass is 9.81. The van der Waals surface area contributed by atoms with Crippen molar-refractivity contribution in [3.05, 3.63) is 65.2 Å².